The zero-order valence-corrected chi connectivity index (χ0v) is 20.3. The SMILES string of the molecule is O=S(=O)(O)O.O=S(=O)([O-])[O-].O=S(=O)([O-])[O-].O=S(=O)([O-])[O-].Oc1cccc2cccnc12.[Fe+3].[Fe+3]. The molecule has 2 rings (SSSR count). The van der Waals surface area contributed by atoms with Gasteiger partial charge in [0.25, 0.3) is 0 Å². The molecule has 0 aliphatic rings. The van der Waals surface area contributed by atoms with E-state index in [0.29, 0.717) is 5.52 Å². The van der Waals surface area contributed by atoms with Gasteiger partial charge in [0, 0.05) is 42.8 Å². The first-order valence-corrected chi connectivity index (χ1v) is 11.5. The summed E-state index contributed by atoms with van der Waals surface area (Å²) in [5.74, 6) is 0.239. The van der Waals surface area contributed by atoms with Crippen molar-refractivity contribution in [1.82, 2.24) is 4.98 Å². The quantitative estimate of drug-likeness (QED) is 0.149. The number of hydrogen-bond acceptors (Lipinski definition) is 16. The van der Waals surface area contributed by atoms with Crippen LogP contribution in [0.15, 0.2) is 36.5 Å². The molecule has 2 radical (unpaired) electrons. The van der Waals surface area contributed by atoms with Crippen LogP contribution in [0, 0.1) is 0 Å². The molecule has 0 saturated heterocycles. The molecule has 18 nitrogen and oxygen atoms in total. The zero-order valence-electron chi connectivity index (χ0n) is 14.8. The van der Waals surface area contributed by atoms with E-state index in [1.165, 1.54) is 0 Å². The minimum atomic E-state index is -5.17. The van der Waals surface area contributed by atoms with Gasteiger partial charge in [-0.15, -0.1) is 0 Å². The molecule has 24 heteroatoms. The molecule has 1 aromatic heterocycles. The molecule has 1 heterocycles. The number of phenolic OH excluding ortho intramolecular Hbond substituents is 1. The second-order valence-electron chi connectivity index (χ2n) is 4.02. The van der Waals surface area contributed by atoms with Crippen LogP contribution in [0.4, 0.5) is 0 Å². The van der Waals surface area contributed by atoms with E-state index >= 15 is 0 Å². The molecule has 1 aromatic carbocycles. The molecule has 2 aromatic rings. The zero-order chi connectivity index (χ0) is 25.7. The minimum Gasteiger partial charge on any atom is -0.759 e. The van der Waals surface area contributed by atoms with E-state index in [-0.39, 0.29) is 39.9 Å². The third-order valence-electron chi connectivity index (χ3n) is 1.61. The molecule has 0 aliphatic carbocycles. The molecule has 0 amide bonds. The first-order chi connectivity index (χ1) is 13.4. The summed E-state index contributed by atoms with van der Waals surface area (Å²) < 4.78 is 134. The number of fused-ring (bicyclic) bond motifs is 1. The van der Waals surface area contributed by atoms with Crippen molar-refractivity contribution in [1.29, 1.82) is 0 Å². The number of hydrogen-bond donors (Lipinski definition) is 3. The van der Waals surface area contributed by atoms with Crippen molar-refractivity contribution in [2.24, 2.45) is 0 Å². The fourth-order valence-corrected chi connectivity index (χ4v) is 1.09. The van der Waals surface area contributed by atoms with Crippen LogP contribution < -0.4 is 0 Å². The van der Waals surface area contributed by atoms with Gasteiger partial charge in [-0.1, -0.05) is 18.2 Å². The predicted octanol–water partition coefficient (Wildman–Crippen LogP) is -2.73. The van der Waals surface area contributed by atoms with Crippen LogP contribution in [0.2, 0.25) is 0 Å². The Labute approximate surface area is 208 Å². The number of para-hydroxylation sites is 1. The van der Waals surface area contributed by atoms with E-state index in [4.69, 9.17) is 70.1 Å². The first kappa shape index (κ1) is 42.1. The summed E-state index contributed by atoms with van der Waals surface area (Å²) in [5, 5.41) is 10.3. The van der Waals surface area contributed by atoms with E-state index in [2.05, 4.69) is 4.98 Å². The normalized spacial score (nSPS) is 10.4. The van der Waals surface area contributed by atoms with Gasteiger partial charge in [0.1, 0.15) is 11.3 Å². The molecular formula is C9H9Fe2NO17S4. The van der Waals surface area contributed by atoms with Crippen molar-refractivity contribution in [3.63, 3.8) is 0 Å². The molecular weight excluding hydrogens is 634 g/mol. The Morgan fingerprint density at radius 1 is 0.636 bits per heavy atom. The second-order valence-corrected chi connectivity index (χ2v) is 7.37. The standard InChI is InChI=1S/C9H7NO.2Fe.4H2O4S/c11-8-5-1-3-7-4-2-6-10-9(7)8;;;4*1-5(2,3)4/h1-6,11H;;;4*(H2,1,2,3,4)/q;2*+3;;;;/p-6. The molecule has 0 unspecified atom stereocenters. The average Bonchev–Trinajstić information content (AvgIpc) is 2.40. The Bertz CT molecular complexity index is 1070. The van der Waals surface area contributed by atoms with Crippen molar-refractivity contribution in [2.45, 2.75) is 0 Å². The molecule has 192 valence electrons. The van der Waals surface area contributed by atoms with Crippen LogP contribution in [0.25, 0.3) is 10.9 Å². The predicted molar refractivity (Wildman–Crippen MR) is 89.0 cm³/mol. The number of rotatable bonds is 0. The van der Waals surface area contributed by atoms with Gasteiger partial charge in [0.15, 0.2) is 0 Å². The summed E-state index contributed by atoms with van der Waals surface area (Å²) in [5.41, 5.74) is 0.662. The second kappa shape index (κ2) is 18.3. The first-order valence-electron chi connectivity index (χ1n) is 6.10. The monoisotopic (exact) mass is 643 g/mol. The Balaban J connectivity index is -0.000000104. The molecule has 0 aliphatic heterocycles. The van der Waals surface area contributed by atoms with Gasteiger partial charge in [-0.05, 0) is 12.1 Å². The van der Waals surface area contributed by atoms with Crippen LogP contribution >= 0.6 is 0 Å². The fraction of sp³-hybridized carbons (Fsp3) is 0. The number of pyridine rings is 1. The summed E-state index contributed by atoms with van der Waals surface area (Å²) in [4.78, 5) is 4.03. The van der Waals surface area contributed by atoms with Gasteiger partial charge >= 0.3 is 44.5 Å². The van der Waals surface area contributed by atoms with Crippen molar-refractivity contribution < 1.29 is 109 Å². The van der Waals surface area contributed by atoms with Gasteiger partial charge in [0.2, 0.25) is 0 Å². The van der Waals surface area contributed by atoms with E-state index < -0.39 is 41.6 Å². The Hall–Kier alpha value is -1.05. The van der Waals surface area contributed by atoms with E-state index in [1.54, 1.807) is 18.3 Å². The van der Waals surface area contributed by atoms with E-state index in [1.807, 2.05) is 18.2 Å². The molecule has 0 atom stereocenters. The number of aromatic hydroxyl groups is 1. The molecule has 3 N–H and O–H groups in total. The fourth-order valence-electron chi connectivity index (χ4n) is 1.09. The number of phenols is 1. The third-order valence-corrected chi connectivity index (χ3v) is 1.61. The molecule has 0 fully saturated rings. The van der Waals surface area contributed by atoms with E-state index in [9.17, 15) is 5.11 Å². The third kappa shape index (κ3) is 65.2. The van der Waals surface area contributed by atoms with E-state index in [0.717, 1.165) is 5.39 Å². The number of benzene rings is 1. The van der Waals surface area contributed by atoms with Gasteiger partial charge in [-0.25, -0.2) is 0 Å². The topological polar surface area (TPSA) is 348 Å². The van der Waals surface area contributed by atoms with Gasteiger partial charge in [-0.3, -0.25) is 39.3 Å². The van der Waals surface area contributed by atoms with Gasteiger partial charge in [-0.2, -0.15) is 8.42 Å². The summed E-state index contributed by atoms with van der Waals surface area (Å²) >= 11 is 0. The molecule has 0 spiro atoms. The molecule has 0 saturated carbocycles. The van der Waals surface area contributed by atoms with Crippen LogP contribution in [-0.2, 0) is 75.7 Å². The summed E-state index contributed by atoms with van der Waals surface area (Å²) in [6.07, 6.45) is 1.67. The summed E-state index contributed by atoms with van der Waals surface area (Å²) in [7, 11) is -20.2. The Kier molecular flexibility index (Phi) is 23.4. The average molecular weight is 643 g/mol. The maximum atomic E-state index is 9.31. The van der Waals surface area contributed by atoms with Crippen molar-refractivity contribution >= 4 is 52.5 Å². The van der Waals surface area contributed by atoms with Crippen LogP contribution in [0.3, 0.4) is 0 Å². The Morgan fingerprint density at radius 2 is 0.909 bits per heavy atom. The van der Waals surface area contributed by atoms with Crippen LogP contribution in [0.5, 0.6) is 5.75 Å². The number of aromatic nitrogens is 1. The van der Waals surface area contributed by atoms with Crippen molar-refractivity contribution in [2.75, 3.05) is 0 Å². The minimum absolute atomic E-state index is 0. The molecule has 33 heavy (non-hydrogen) atoms. The largest absolute Gasteiger partial charge is 3.00 e. The van der Waals surface area contributed by atoms with Gasteiger partial charge < -0.3 is 32.4 Å². The summed E-state index contributed by atoms with van der Waals surface area (Å²) in [6.45, 7) is 0. The van der Waals surface area contributed by atoms with Crippen LogP contribution in [0.1, 0.15) is 0 Å². The maximum Gasteiger partial charge on any atom is 3.00 e. The summed E-state index contributed by atoms with van der Waals surface area (Å²) in [6, 6.07) is 9.13. The molecule has 0 bridgehead atoms. The Morgan fingerprint density at radius 3 is 1.18 bits per heavy atom. The number of nitrogens with zero attached hydrogens (tertiary/aromatic N) is 1. The van der Waals surface area contributed by atoms with Crippen molar-refractivity contribution in [3.8, 4) is 5.75 Å². The van der Waals surface area contributed by atoms with Crippen LogP contribution in [-0.4, -0.2) is 80.2 Å². The van der Waals surface area contributed by atoms with Crippen molar-refractivity contribution in [3.05, 3.63) is 36.5 Å². The smallest absolute Gasteiger partial charge is 0.759 e. The maximum absolute atomic E-state index is 9.31. The van der Waals surface area contributed by atoms with Gasteiger partial charge in [0.05, 0.1) is 0 Å².